The predicted octanol–water partition coefficient (Wildman–Crippen LogP) is 3.48. The Morgan fingerprint density at radius 3 is 2.52 bits per heavy atom. The molecule has 0 aliphatic heterocycles. The van der Waals surface area contributed by atoms with Gasteiger partial charge < -0.3 is 10.1 Å². The van der Waals surface area contributed by atoms with Crippen molar-refractivity contribution in [1.82, 2.24) is 5.43 Å². The van der Waals surface area contributed by atoms with Crippen LogP contribution in [0.2, 0.25) is 10.0 Å². The van der Waals surface area contributed by atoms with Gasteiger partial charge in [0.25, 0.3) is 0 Å². The summed E-state index contributed by atoms with van der Waals surface area (Å²) in [6.07, 6.45) is 1.41. The number of halogens is 2. The van der Waals surface area contributed by atoms with Gasteiger partial charge in [0.1, 0.15) is 5.75 Å². The molecule has 0 spiro atoms. The molecular formula is C17H15Cl2N3O3. The number of amides is 2. The average Bonchev–Trinajstić information content (AvgIpc) is 2.60. The molecule has 0 saturated carbocycles. The third-order valence-corrected chi connectivity index (χ3v) is 3.80. The van der Waals surface area contributed by atoms with Gasteiger partial charge >= 0.3 is 11.8 Å². The normalized spacial score (nSPS) is 10.5. The SMILES string of the molecule is CCOc1ccc(/C=N\NC(=O)C(=O)Nc2cccc(Cl)c2Cl)cc1. The highest BCUT2D eigenvalue weighted by atomic mass is 35.5. The molecule has 0 fully saturated rings. The first-order valence-electron chi connectivity index (χ1n) is 7.32. The lowest BCUT2D eigenvalue weighted by Crippen LogP contribution is -2.32. The largest absolute Gasteiger partial charge is 0.494 e. The van der Waals surface area contributed by atoms with Gasteiger partial charge in [-0.2, -0.15) is 5.10 Å². The Labute approximate surface area is 154 Å². The molecule has 0 radical (unpaired) electrons. The first kappa shape index (κ1) is 18.8. The Morgan fingerprint density at radius 1 is 1.12 bits per heavy atom. The highest BCUT2D eigenvalue weighted by molar-refractivity contribution is 6.45. The number of ether oxygens (including phenoxy) is 1. The fraction of sp³-hybridized carbons (Fsp3) is 0.118. The van der Waals surface area contributed by atoms with Gasteiger partial charge in [0, 0.05) is 0 Å². The first-order chi connectivity index (χ1) is 12.0. The van der Waals surface area contributed by atoms with Crippen molar-refractivity contribution in [3.8, 4) is 5.75 Å². The topological polar surface area (TPSA) is 79.8 Å². The summed E-state index contributed by atoms with van der Waals surface area (Å²) in [6, 6.07) is 11.8. The van der Waals surface area contributed by atoms with Crippen LogP contribution in [-0.4, -0.2) is 24.6 Å². The summed E-state index contributed by atoms with van der Waals surface area (Å²) in [5.41, 5.74) is 3.11. The number of carbonyl (C=O) groups excluding carboxylic acids is 2. The Kier molecular flexibility index (Phi) is 6.80. The van der Waals surface area contributed by atoms with Gasteiger partial charge in [-0.05, 0) is 48.9 Å². The van der Waals surface area contributed by atoms with E-state index in [-0.39, 0.29) is 15.7 Å². The Hall–Kier alpha value is -2.57. The monoisotopic (exact) mass is 379 g/mol. The Morgan fingerprint density at radius 2 is 1.84 bits per heavy atom. The number of hydrogen-bond donors (Lipinski definition) is 2. The predicted molar refractivity (Wildman–Crippen MR) is 98.4 cm³/mol. The van der Waals surface area contributed by atoms with E-state index in [9.17, 15) is 9.59 Å². The van der Waals surface area contributed by atoms with Gasteiger partial charge in [0.2, 0.25) is 0 Å². The van der Waals surface area contributed by atoms with E-state index in [4.69, 9.17) is 27.9 Å². The number of benzene rings is 2. The molecule has 0 aliphatic rings. The number of rotatable bonds is 5. The molecule has 0 bridgehead atoms. The van der Waals surface area contributed by atoms with E-state index in [0.29, 0.717) is 6.61 Å². The zero-order valence-corrected chi connectivity index (χ0v) is 14.8. The number of carbonyl (C=O) groups is 2. The molecule has 2 N–H and O–H groups in total. The molecule has 2 aromatic carbocycles. The van der Waals surface area contributed by atoms with E-state index >= 15 is 0 Å². The van der Waals surface area contributed by atoms with Crippen LogP contribution >= 0.6 is 23.2 Å². The maximum absolute atomic E-state index is 11.8. The molecule has 8 heteroatoms. The highest BCUT2D eigenvalue weighted by Gasteiger charge is 2.15. The summed E-state index contributed by atoms with van der Waals surface area (Å²) in [5.74, 6) is -1.10. The van der Waals surface area contributed by atoms with Crippen LogP contribution in [0.5, 0.6) is 5.75 Å². The molecule has 2 amide bonds. The van der Waals surface area contributed by atoms with Crippen LogP contribution in [0.1, 0.15) is 12.5 Å². The fourth-order valence-electron chi connectivity index (χ4n) is 1.81. The van der Waals surface area contributed by atoms with Gasteiger partial charge in [-0.25, -0.2) is 5.43 Å². The van der Waals surface area contributed by atoms with Crippen molar-refractivity contribution in [2.45, 2.75) is 6.92 Å². The van der Waals surface area contributed by atoms with Crippen LogP contribution in [0, 0.1) is 0 Å². The summed E-state index contributed by atoms with van der Waals surface area (Å²) in [6.45, 7) is 2.47. The lowest BCUT2D eigenvalue weighted by molar-refractivity contribution is -0.136. The molecule has 130 valence electrons. The number of hydrazone groups is 1. The zero-order valence-electron chi connectivity index (χ0n) is 13.3. The van der Waals surface area contributed by atoms with Crippen molar-refractivity contribution < 1.29 is 14.3 Å². The summed E-state index contributed by atoms with van der Waals surface area (Å²) in [5, 5.41) is 6.53. The van der Waals surface area contributed by atoms with Crippen LogP contribution in [-0.2, 0) is 9.59 Å². The van der Waals surface area contributed by atoms with Crippen molar-refractivity contribution in [2.24, 2.45) is 5.10 Å². The third kappa shape index (κ3) is 5.48. The molecule has 2 rings (SSSR count). The van der Waals surface area contributed by atoms with E-state index in [1.807, 2.05) is 6.92 Å². The van der Waals surface area contributed by atoms with E-state index in [2.05, 4.69) is 15.8 Å². The van der Waals surface area contributed by atoms with Gasteiger partial charge in [0.05, 0.1) is 28.6 Å². The molecule has 2 aromatic rings. The van der Waals surface area contributed by atoms with Crippen molar-refractivity contribution >= 4 is 46.9 Å². The fourth-order valence-corrected chi connectivity index (χ4v) is 2.16. The van der Waals surface area contributed by atoms with Crippen molar-refractivity contribution in [1.29, 1.82) is 0 Å². The minimum atomic E-state index is -0.932. The average molecular weight is 380 g/mol. The second kappa shape index (κ2) is 9.05. The second-order valence-electron chi connectivity index (χ2n) is 4.76. The zero-order chi connectivity index (χ0) is 18.2. The molecule has 0 saturated heterocycles. The molecule has 0 heterocycles. The smallest absolute Gasteiger partial charge is 0.329 e. The maximum atomic E-state index is 11.8. The third-order valence-electron chi connectivity index (χ3n) is 2.98. The Balaban J connectivity index is 1.90. The maximum Gasteiger partial charge on any atom is 0.329 e. The number of anilines is 1. The summed E-state index contributed by atoms with van der Waals surface area (Å²) in [7, 11) is 0. The standard InChI is InChI=1S/C17H15Cl2N3O3/c1-2-25-12-8-6-11(7-9-12)10-20-22-17(24)16(23)21-14-5-3-4-13(18)15(14)19/h3-10H,2H2,1H3,(H,21,23)(H,22,24)/b20-10-. The first-order valence-corrected chi connectivity index (χ1v) is 8.08. The minimum absolute atomic E-state index is 0.156. The van der Waals surface area contributed by atoms with Gasteiger partial charge in [-0.1, -0.05) is 29.3 Å². The van der Waals surface area contributed by atoms with Gasteiger partial charge in [-0.15, -0.1) is 0 Å². The van der Waals surface area contributed by atoms with Crippen molar-refractivity contribution in [2.75, 3.05) is 11.9 Å². The van der Waals surface area contributed by atoms with E-state index in [0.717, 1.165) is 11.3 Å². The minimum Gasteiger partial charge on any atom is -0.494 e. The van der Waals surface area contributed by atoms with Crippen molar-refractivity contribution in [3.05, 3.63) is 58.1 Å². The van der Waals surface area contributed by atoms with Crippen molar-refractivity contribution in [3.63, 3.8) is 0 Å². The van der Waals surface area contributed by atoms with E-state index in [1.54, 1.807) is 36.4 Å². The van der Waals surface area contributed by atoms with E-state index in [1.165, 1.54) is 12.3 Å². The molecule has 0 aliphatic carbocycles. The molecule has 0 unspecified atom stereocenters. The molecule has 6 nitrogen and oxygen atoms in total. The number of nitrogens with one attached hydrogen (secondary N) is 2. The molecular weight excluding hydrogens is 365 g/mol. The van der Waals surface area contributed by atoms with Crippen LogP contribution in [0.25, 0.3) is 0 Å². The second-order valence-corrected chi connectivity index (χ2v) is 5.54. The van der Waals surface area contributed by atoms with Crippen LogP contribution in [0.3, 0.4) is 0 Å². The Bertz CT molecular complexity index is 792. The summed E-state index contributed by atoms with van der Waals surface area (Å²) < 4.78 is 5.32. The quantitative estimate of drug-likeness (QED) is 0.474. The lowest BCUT2D eigenvalue weighted by Gasteiger charge is -2.06. The summed E-state index contributed by atoms with van der Waals surface area (Å²) in [4.78, 5) is 23.6. The lowest BCUT2D eigenvalue weighted by atomic mass is 10.2. The molecule has 0 aromatic heterocycles. The highest BCUT2D eigenvalue weighted by Crippen LogP contribution is 2.29. The molecule has 25 heavy (non-hydrogen) atoms. The van der Waals surface area contributed by atoms with Crippen LogP contribution in [0.4, 0.5) is 5.69 Å². The van der Waals surface area contributed by atoms with E-state index < -0.39 is 11.8 Å². The van der Waals surface area contributed by atoms with Crippen LogP contribution < -0.4 is 15.5 Å². The molecule has 0 atom stereocenters. The van der Waals surface area contributed by atoms with Crippen LogP contribution in [0.15, 0.2) is 47.6 Å². The van der Waals surface area contributed by atoms with Gasteiger partial charge in [-0.3, -0.25) is 9.59 Å². The number of hydrogen-bond acceptors (Lipinski definition) is 4. The summed E-state index contributed by atoms with van der Waals surface area (Å²) >= 11 is 11.8. The number of nitrogens with zero attached hydrogens (tertiary/aromatic N) is 1. The van der Waals surface area contributed by atoms with Gasteiger partial charge in [0.15, 0.2) is 0 Å².